The van der Waals surface area contributed by atoms with Crippen molar-refractivity contribution in [1.29, 1.82) is 0 Å². The molecule has 2 aliphatic heterocycles. The van der Waals surface area contributed by atoms with Crippen molar-refractivity contribution in [3.8, 4) is 11.8 Å². The molecule has 3 fully saturated rings. The Labute approximate surface area is 263 Å². The first kappa shape index (κ1) is 32.3. The average molecular weight is 619 g/mol. The van der Waals surface area contributed by atoms with Gasteiger partial charge in [-0.25, -0.2) is 4.79 Å². The van der Waals surface area contributed by atoms with Gasteiger partial charge in [-0.1, -0.05) is 17.0 Å². The minimum atomic E-state index is -0.643. The molecule has 1 atom stereocenters. The maximum absolute atomic E-state index is 13.3. The molecule has 1 aromatic rings. The van der Waals surface area contributed by atoms with Crippen LogP contribution >= 0.6 is 0 Å². The molecule has 1 unspecified atom stereocenters. The predicted octanol–water partition coefficient (Wildman–Crippen LogP) is 4.99. The van der Waals surface area contributed by atoms with Crippen LogP contribution < -0.4 is 5.32 Å². The quantitative estimate of drug-likeness (QED) is 0.156. The number of amides is 4. The first-order valence-corrected chi connectivity index (χ1v) is 16.0. The molecule has 2 saturated carbocycles. The fourth-order valence-corrected chi connectivity index (χ4v) is 6.88. The number of nitrogens with one attached hydrogen (secondary N) is 1. The fourth-order valence-electron chi connectivity index (χ4n) is 6.88. The summed E-state index contributed by atoms with van der Waals surface area (Å²) in [7, 11) is 0. The van der Waals surface area contributed by atoms with Crippen LogP contribution in [0.4, 0.5) is 4.79 Å². The second kappa shape index (κ2) is 13.9. The highest BCUT2D eigenvalue weighted by Crippen LogP contribution is 2.33. The van der Waals surface area contributed by atoms with Crippen LogP contribution in [0.5, 0.6) is 0 Å². The summed E-state index contributed by atoms with van der Waals surface area (Å²) in [5.74, 6) is 5.28. The van der Waals surface area contributed by atoms with Gasteiger partial charge in [0.2, 0.25) is 11.8 Å². The molecular formula is C33H42N6O6. The highest BCUT2D eigenvalue weighted by molar-refractivity contribution is 6.05. The van der Waals surface area contributed by atoms with Gasteiger partial charge in [0.25, 0.3) is 5.91 Å². The van der Waals surface area contributed by atoms with E-state index in [2.05, 4.69) is 27.2 Å². The van der Waals surface area contributed by atoms with E-state index in [-0.39, 0.29) is 55.2 Å². The third-order valence-electron chi connectivity index (χ3n) is 9.06. The van der Waals surface area contributed by atoms with Crippen molar-refractivity contribution < 1.29 is 28.7 Å². The number of piperidine rings is 1. The minimum Gasteiger partial charge on any atom is -0.444 e. The number of carbonyl (C=O) groups is 4. The largest absolute Gasteiger partial charge is 0.444 e. The maximum Gasteiger partial charge on any atom is 0.410 e. The lowest BCUT2D eigenvalue weighted by Crippen LogP contribution is -2.52. The lowest BCUT2D eigenvalue weighted by atomic mass is 9.86. The van der Waals surface area contributed by atoms with Crippen LogP contribution in [0.25, 0.3) is 10.4 Å². The number of imide groups is 1. The number of benzene rings is 1. The number of nitrogens with zero attached hydrogens (tertiary/aromatic N) is 5. The van der Waals surface area contributed by atoms with E-state index in [1.165, 1.54) is 4.90 Å². The molecule has 1 N–H and O–H groups in total. The Hall–Kier alpha value is -4.07. The van der Waals surface area contributed by atoms with Crippen molar-refractivity contribution in [3.05, 3.63) is 45.3 Å². The summed E-state index contributed by atoms with van der Waals surface area (Å²) < 4.78 is 11.9. The van der Waals surface area contributed by atoms with Crippen molar-refractivity contribution in [2.75, 3.05) is 6.61 Å². The molecule has 0 radical (unpaired) electrons. The van der Waals surface area contributed by atoms with Crippen molar-refractivity contribution in [2.24, 2.45) is 5.11 Å². The molecule has 0 bridgehead atoms. The van der Waals surface area contributed by atoms with Gasteiger partial charge in [0.05, 0.1) is 6.10 Å². The topological polar surface area (TPSA) is 154 Å². The zero-order valence-electron chi connectivity index (χ0n) is 26.3. The zero-order valence-corrected chi connectivity index (χ0v) is 26.3. The number of fused-ring (bicyclic) bond motifs is 1. The molecule has 5 rings (SSSR count). The lowest BCUT2D eigenvalue weighted by molar-refractivity contribution is -0.136. The highest BCUT2D eigenvalue weighted by Gasteiger charge is 2.40. The fraction of sp³-hybridized carbons (Fsp3) is 0.636. The Balaban J connectivity index is 1.12. The van der Waals surface area contributed by atoms with Crippen LogP contribution in [-0.4, -0.2) is 76.1 Å². The summed E-state index contributed by atoms with van der Waals surface area (Å²) in [4.78, 5) is 56.5. The van der Waals surface area contributed by atoms with Crippen LogP contribution in [0, 0.1) is 11.8 Å². The molecule has 4 amide bonds. The molecule has 2 heterocycles. The molecule has 12 heteroatoms. The Morgan fingerprint density at radius 1 is 1.07 bits per heavy atom. The third-order valence-corrected chi connectivity index (χ3v) is 9.06. The van der Waals surface area contributed by atoms with Crippen molar-refractivity contribution in [2.45, 2.75) is 127 Å². The van der Waals surface area contributed by atoms with Gasteiger partial charge in [-0.05, 0) is 108 Å². The lowest BCUT2D eigenvalue weighted by Gasteiger charge is -2.43. The number of azide groups is 1. The Bertz CT molecular complexity index is 1420. The van der Waals surface area contributed by atoms with Gasteiger partial charge in [0.15, 0.2) is 0 Å². The highest BCUT2D eigenvalue weighted by atomic mass is 16.6. The van der Waals surface area contributed by atoms with Crippen LogP contribution in [0.2, 0.25) is 0 Å². The Kier molecular flexibility index (Phi) is 10.0. The Morgan fingerprint density at radius 3 is 2.40 bits per heavy atom. The van der Waals surface area contributed by atoms with Crippen LogP contribution in [0.15, 0.2) is 23.3 Å². The number of hydrogen-bond acceptors (Lipinski definition) is 7. The zero-order chi connectivity index (χ0) is 32.1. The predicted molar refractivity (Wildman–Crippen MR) is 165 cm³/mol. The van der Waals surface area contributed by atoms with Crippen molar-refractivity contribution >= 4 is 23.8 Å². The van der Waals surface area contributed by atoms with Crippen molar-refractivity contribution in [3.63, 3.8) is 0 Å². The standard InChI is InChI=1S/C33H42N6O6/c1-33(2,3)45-32(43)39(24-9-7-23(8-10-24)36-37-34)25-11-13-26(14-12-25)44-18-4-5-21-6-15-27-22(19-21)20-38(31(27)42)28-16-17-29(40)35-30(28)41/h6,15,19,23-26,28H,7-14,16-18,20H2,1-3H3,(H,35,40,41)/t23-,24-,25-,26+,28?. The number of ether oxygens (including phenoxy) is 2. The summed E-state index contributed by atoms with van der Waals surface area (Å²) in [5.41, 5.74) is 10.4. The second-order valence-electron chi connectivity index (χ2n) is 13.4. The average Bonchev–Trinajstić information content (AvgIpc) is 3.31. The summed E-state index contributed by atoms with van der Waals surface area (Å²) in [6.07, 6.45) is 6.71. The van der Waals surface area contributed by atoms with Crippen LogP contribution in [0.3, 0.4) is 0 Å². The van der Waals surface area contributed by atoms with Gasteiger partial charge in [0, 0.05) is 47.1 Å². The van der Waals surface area contributed by atoms with Gasteiger partial charge in [0.1, 0.15) is 18.2 Å². The third kappa shape index (κ3) is 7.96. The molecule has 2 aliphatic carbocycles. The van der Waals surface area contributed by atoms with Gasteiger partial charge < -0.3 is 19.3 Å². The first-order valence-electron chi connectivity index (χ1n) is 16.0. The molecule has 12 nitrogen and oxygen atoms in total. The number of carbonyl (C=O) groups excluding carboxylic acids is 4. The van der Waals surface area contributed by atoms with E-state index >= 15 is 0 Å². The van der Waals surface area contributed by atoms with E-state index in [1.54, 1.807) is 12.1 Å². The molecule has 45 heavy (non-hydrogen) atoms. The normalized spacial score (nSPS) is 26.6. The minimum absolute atomic E-state index is 0.0104. The summed E-state index contributed by atoms with van der Waals surface area (Å²) in [6, 6.07) is 4.91. The summed E-state index contributed by atoms with van der Waals surface area (Å²) in [6.45, 7) is 6.22. The van der Waals surface area contributed by atoms with E-state index in [4.69, 9.17) is 15.0 Å². The maximum atomic E-state index is 13.3. The van der Waals surface area contributed by atoms with E-state index in [9.17, 15) is 19.2 Å². The SMILES string of the molecule is CC(C)(C)OC(=O)N([C@H]1CC[C@H](N=[N+]=[N-])CC1)[C@H]1CC[C@@H](OCC#Cc2ccc3c(c2)CN(C2CCC(=O)NC2=O)C3=O)CC1. The smallest absolute Gasteiger partial charge is 0.410 e. The molecule has 0 aromatic heterocycles. The van der Waals surface area contributed by atoms with Gasteiger partial charge >= 0.3 is 6.09 Å². The summed E-state index contributed by atoms with van der Waals surface area (Å²) >= 11 is 0. The van der Waals surface area contributed by atoms with E-state index in [0.717, 1.165) is 62.5 Å². The van der Waals surface area contributed by atoms with E-state index < -0.39 is 17.6 Å². The van der Waals surface area contributed by atoms with E-state index in [0.29, 0.717) is 18.5 Å². The molecule has 1 aromatic carbocycles. The molecule has 0 spiro atoms. The Morgan fingerprint density at radius 2 is 1.76 bits per heavy atom. The second-order valence-corrected chi connectivity index (χ2v) is 13.4. The van der Waals surface area contributed by atoms with Crippen LogP contribution in [-0.2, 0) is 25.6 Å². The molecule has 4 aliphatic rings. The molecule has 240 valence electrons. The summed E-state index contributed by atoms with van der Waals surface area (Å²) in [5, 5.41) is 6.21. The van der Waals surface area contributed by atoms with E-state index in [1.807, 2.05) is 31.7 Å². The number of rotatable bonds is 6. The molecule has 1 saturated heterocycles. The van der Waals surface area contributed by atoms with Gasteiger partial charge in [-0.15, -0.1) is 0 Å². The monoisotopic (exact) mass is 618 g/mol. The van der Waals surface area contributed by atoms with Gasteiger partial charge in [-0.3, -0.25) is 19.7 Å². The molecular weight excluding hydrogens is 576 g/mol. The first-order chi connectivity index (χ1) is 21.5. The van der Waals surface area contributed by atoms with Crippen LogP contribution in [0.1, 0.15) is 106 Å². The van der Waals surface area contributed by atoms with Gasteiger partial charge in [-0.2, -0.15) is 0 Å². The van der Waals surface area contributed by atoms with Crippen molar-refractivity contribution in [1.82, 2.24) is 15.1 Å². The number of hydrogen-bond donors (Lipinski definition) is 1.